The molecule has 1 N–H and O–H groups in total. The van der Waals surface area contributed by atoms with Crippen molar-refractivity contribution >= 4 is 16.9 Å². The van der Waals surface area contributed by atoms with Crippen LogP contribution in [0.2, 0.25) is 0 Å². The van der Waals surface area contributed by atoms with Gasteiger partial charge in [0, 0.05) is 17.2 Å². The van der Waals surface area contributed by atoms with E-state index in [0.29, 0.717) is 33.6 Å². The van der Waals surface area contributed by atoms with Crippen molar-refractivity contribution in [3.05, 3.63) is 64.3 Å². The summed E-state index contributed by atoms with van der Waals surface area (Å²) < 4.78 is 11.0. The molecule has 0 aliphatic heterocycles. The molecular weight excluding hydrogens is 296 g/mol. The van der Waals surface area contributed by atoms with Gasteiger partial charge < -0.3 is 14.3 Å². The molecule has 0 radical (unpaired) electrons. The summed E-state index contributed by atoms with van der Waals surface area (Å²) in [6.07, 6.45) is -0.207. The van der Waals surface area contributed by atoms with Crippen molar-refractivity contribution in [2.75, 3.05) is 7.11 Å². The summed E-state index contributed by atoms with van der Waals surface area (Å²) in [4.78, 5) is 23.3. The Bertz CT molecular complexity index is 940. The molecule has 0 bridgehead atoms. The molecule has 0 aliphatic rings. The molecule has 3 rings (SSSR count). The first-order valence-corrected chi connectivity index (χ1v) is 7.00. The molecule has 1 aromatic heterocycles. The zero-order chi connectivity index (χ0) is 16.4. The van der Waals surface area contributed by atoms with E-state index in [1.807, 2.05) is 0 Å². The van der Waals surface area contributed by atoms with Gasteiger partial charge in [-0.2, -0.15) is 0 Å². The molecule has 0 saturated carbocycles. The van der Waals surface area contributed by atoms with E-state index in [9.17, 15) is 9.59 Å². The van der Waals surface area contributed by atoms with Crippen LogP contribution in [0.15, 0.2) is 57.7 Å². The summed E-state index contributed by atoms with van der Waals surface area (Å²) in [5, 5.41) is 9.38. The summed E-state index contributed by atoms with van der Waals surface area (Å²) in [6, 6.07) is 13.5. The average Bonchev–Trinajstić information content (AvgIpc) is 2.55. The second kappa shape index (κ2) is 5.96. The summed E-state index contributed by atoms with van der Waals surface area (Å²) >= 11 is 0. The second-order valence-electron chi connectivity index (χ2n) is 5.07. The fourth-order valence-electron chi connectivity index (χ4n) is 2.46. The van der Waals surface area contributed by atoms with Crippen LogP contribution in [0.3, 0.4) is 0 Å². The van der Waals surface area contributed by atoms with Crippen molar-refractivity contribution < 1.29 is 19.1 Å². The molecular formula is C18H14O5. The number of fused-ring (bicyclic) bond motifs is 1. The maximum absolute atomic E-state index is 12.3. The number of carboxylic acid groups (broad SMARTS) is 1. The van der Waals surface area contributed by atoms with Gasteiger partial charge in [0.05, 0.1) is 18.9 Å². The smallest absolute Gasteiger partial charge is 0.307 e. The van der Waals surface area contributed by atoms with Crippen LogP contribution in [-0.2, 0) is 11.2 Å². The Morgan fingerprint density at radius 3 is 2.70 bits per heavy atom. The molecule has 116 valence electrons. The number of rotatable bonds is 4. The number of carboxylic acids is 1. The molecule has 0 aliphatic carbocycles. The lowest BCUT2D eigenvalue weighted by Gasteiger charge is -2.07. The minimum Gasteiger partial charge on any atom is -0.497 e. The Balaban J connectivity index is 2.23. The van der Waals surface area contributed by atoms with Gasteiger partial charge in [-0.1, -0.05) is 24.3 Å². The first kappa shape index (κ1) is 14.8. The number of benzene rings is 2. The Labute approximate surface area is 131 Å². The van der Waals surface area contributed by atoms with Crippen molar-refractivity contribution in [1.29, 1.82) is 0 Å². The quantitative estimate of drug-likeness (QED) is 0.801. The van der Waals surface area contributed by atoms with E-state index in [1.54, 1.807) is 49.6 Å². The predicted octanol–water partition coefficient (Wildman–Crippen LogP) is 3.10. The van der Waals surface area contributed by atoms with Crippen LogP contribution in [0.5, 0.6) is 5.75 Å². The molecule has 0 atom stereocenters. The summed E-state index contributed by atoms with van der Waals surface area (Å²) in [7, 11) is 1.56. The highest BCUT2D eigenvalue weighted by molar-refractivity contribution is 5.85. The highest BCUT2D eigenvalue weighted by Gasteiger charge is 2.12. The van der Waals surface area contributed by atoms with Gasteiger partial charge in [0.2, 0.25) is 0 Å². The Morgan fingerprint density at radius 1 is 1.17 bits per heavy atom. The van der Waals surface area contributed by atoms with Crippen molar-refractivity contribution in [3.63, 3.8) is 0 Å². The van der Waals surface area contributed by atoms with Gasteiger partial charge in [0.15, 0.2) is 5.43 Å². The topological polar surface area (TPSA) is 76.7 Å². The van der Waals surface area contributed by atoms with Crippen LogP contribution in [-0.4, -0.2) is 18.2 Å². The Morgan fingerprint density at radius 2 is 1.96 bits per heavy atom. The van der Waals surface area contributed by atoms with Crippen LogP contribution in [0.1, 0.15) is 5.56 Å². The zero-order valence-electron chi connectivity index (χ0n) is 12.4. The van der Waals surface area contributed by atoms with Crippen LogP contribution in [0, 0.1) is 0 Å². The maximum atomic E-state index is 12.3. The molecule has 0 amide bonds. The molecule has 0 saturated heterocycles. The van der Waals surface area contributed by atoms with Gasteiger partial charge in [-0.05, 0) is 18.2 Å². The van der Waals surface area contributed by atoms with Gasteiger partial charge >= 0.3 is 5.97 Å². The summed E-state index contributed by atoms with van der Waals surface area (Å²) in [5.41, 5.74) is 1.25. The van der Waals surface area contributed by atoms with Crippen molar-refractivity contribution in [1.82, 2.24) is 0 Å². The van der Waals surface area contributed by atoms with Crippen molar-refractivity contribution in [3.8, 4) is 17.1 Å². The molecule has 2 aromatic carbocycles. The fraction of sp³-hybridized carbons (Fsp3) is 0.111. The summed E-state index contributed by atoms with van der Waals surface area (Å²) in [5.74, 6) is 0.0373. The third-order valence-electron chi connectivity index (χ3n) is 3.53. The van der Waals surface area contributed by atoms with Crippen molar-refractivity contribution in [2.45, 2.75) is 6.42 Å². The van der Waals surface area contributed by atoms with Crippen LogP contribution in [0.25, 0.3) is 22.3 Å². The largest absolute Gasteiger partial charge is 0.497 e. The number of hydrogen-bond acceptors (Lipinski definition) is 4. The normalized spacial score (nSPS) is 10.7. The maximum Gasteiger partial charge on any atom is 0.307 e. The number of methoxy groups -OCH3 is 1. The van der Waals surface area contributed by atoms with E-state index >= 15 is 0 Å². The monoisotopic (exact) mass is 310 g/mol. The molecule has 0 fully saturated rings. The van der Waals surface area contributed by atoms with Gasteiger partial charge in [-0.15, -0.1) is 0 Å². The van der Waals surface area contributed by atoms with Gasteiger partial charge in [0.1, 0.15) is 17.1 Å². The van der Waals surface area contributed by atoms with Crippen LogP contribution in [0.4, 0.5) is 0 Å². The lowest BCUT2D eigenvalue weighted by atomic mass is 10.1. The molecule has 0 spiro atoms. The van der Waals surface area contributed by atoms with Gasteiger partial charge in [-0.3, -0.25) is 9.59 Å². The van der Waals surface area contributed by atoms with Crippen molar-refractivity contribution in [2.24, 2.45) is 0 Å². The molecule has 1 heterocycles. The number of hydrogen-bond donors (Lipinski definition) is 1. The van der Waals surface area contributed by atoms with E-state index in [-0.39, 0.29) is 11.8 Å². The third-order valence-corrected chi connectivity index (χ3v) is 3.53. The zero-order valence-corrected chi connectivity index (χ0v) is 12.4. The Kier molecular flexibility index (Phi) is 3.85. The van der Waals surface area contributed by atoms with E-state index in [0.717, 1.165) is 0 Å². The number of ether oxygens (including phenoxy) is 1. The molecule has 5 nitrogen and oxygen atoms in total. The van der Waals surface area contributed by atoms with Gasteiger partial charge in [0.25, 0.3) is 0 Å². The molecule has 0 unspecified atom stereocenters. The van der Waals surface area contributed by atoms with Crippen LogP contribution < -0.4 is 10.2 Å². The van der Waals surface area contributed by atoms with Gasteiger partial charge in [-0.25, -0.2) is 0 Å². The minimum atomic E-state index is -0.980. The van der Waals surface area contributed by atoms with E-state index < -0.39 is 5.97 Å². The number of para-hydroxylation sites is 1. The predicted molar refractivity (Wildman–Crippen MR) is 85.8 cm³/mol. The molecule has 3 aromatic rings. The lowest BCUT2D eigenvalue weighted by molar-refractivity contribution is -0.136. The second-order valence-corrected chi connectivity index (χ2v) is 5.07. The average molecular weight is 310 g/mol. The molecule has 23 heavy (non-hydrogen) atoms. The number of aliphatic carboxylic acids is 1. The first-order valence-electron chi connectivity index (χ1n) is 7.00. The van der Waals surface area contributed by atoms with E-state index in [1.165, 1.54) is 6.07 Å². The van der Waals surface area contributed by atoms with E-state index in [2.05, 4.69) is 0 Å². The fourth-order valence-corrected chi connectivity index (χ4v) is 2.46. The SMILES string of the molecule is COc1cccc(-c2cc(=O)c3cccc(CC(=O)O)c3o2)c1. The minimum absolute atomic E-state index is 0.207. The Hall–Kier alpha value is -3.08. The summed E-state index contributed by atoms with van der Waals surface area (Å²) in [6.45, 7) is 0. The van der Waals surface area contributed by atoms with Crippen LogP contribution >= 0.6 is 0 Å². The molecule has 5 heteroatoms. The third kappa shape index (κ3) is 2.94. The standard InChI is InChI=1S/C18H14O5/c1-22-13-6-2-4-11(8-13)16-10-15(19)14-7-3-5-12(9-17(20)21)18(14)23-16/h2-8,10H,9H2,1H3,(H,20,21). The van der Waals surface area contributed by atoms with E-state index in [4.69, 9.17) is 14.3 Å². The highest BCUT2D eigenvalue weighted by Crippen LogP contribution is 2.27. The highest BCUT2D eigenvalue weighted by atomic mass is 16.5. The number of carbonyl (C=O) groups is 1. The lowest BCUT2D eigenvalue weighted by Crippen LogP contribution is -2.05. The first-order chi connectivity index (χ1) is 11.1.